The van der Waals surface area contributed by atoms with Gasteiger partial charge >= 0.3 is 5.97 Å². The van der Waals surface area contributed by atoms with Crippen LogP contribution in [0.3, 0.4) is 0 Å². The fourth-order valence-electron chi connectivity index (χ4n) is 1.90. The number of benzene rings is 1. The summed E-state index contributed by atoms with van der Waals surface area (Å²) in [6.07, 6.45) is 2.40. The molecule has 100 valence electrons. The zero-order valence-electron chi connectivity index (χ0n) is 10.6. The number of aliphatic hydroxyl groups is 1. The monoisotopic (exact) mass is 260 g/mol. The minimum atomic E-state index is -0.949. The van der Waals surface area contributed by atoms with Crippen molar-refractivity contribution in [2.24, 2.45) is 0 Å². The van der Waals surface area contributed by atoms with Crippen molar-refractivity contribution in [3.63, 3.8) is 0 Å². The third kappa shape index (κ3) is 2.82. The smallest absolute Gasteiger partial charge is 0.335 e. The highest BCUT2D eigenvalue weighted by molar-refractivity contribution is 5.98. The van der Waals surface area contributed by atoms with Crippen molar-refractivity contribution in [2.75, 3.05) is 11.9 Å². The summed E-state index contributed by atoms with van der Waals surface area (Å²) in [4.78, 5) is 15.2. The zero-order valence-corrected chi connectivity index (χ0v) is 10.6. The van der Waals surface area contributed by atoms with Gasteiger partial charge < -0.3 is 15.5 Å². The van der Waals surface area contributed by atoms with Crippen molar-refractivity contribution in [3.05, 3.63) is 36.0 Å². The number of aromatic carboxylic acids is 1. The van der Waals surface area contributed by atoms with Crippen LogP contribution >= 0.6 is 0 Å². The van der Waals surface area contributed by atoms with E-state index in [0.29, 0.717) is 5.82 Å². The van der Waals surface area contributed by atoms with Gasteiger partial charge in [0.2, 0.25) is 0 Å². The molecule has 5 nitrogen and oxygen atoms in total. The predicted molar refractivity (Wildman–Crippen MR) is 73.5 cm³/mol. The van der Waals surface area contributed by atoms with Crippen LogP contribution in [0.1, 0.15) is 23.7 Å². The zero-order chi connectivity index (χ0) is 13.8. The summed E-state index contributed by atoms with van der Waals surface area (Å²) in [6.45, 7) is 2.00. The van der Waals surface area contributed by atoms with E-state index in [1.807, 2.05) is 6.92 Å². The second kappa shape index (κ2) is 5.67. The molecule has 0 radical (unpaired) electrons. The highest BCUT2D eigenvalue weighted by Gasteiger charge is 2.10. The number of aliphatic hydroxyl groups excluding tert-OH is 1. The Hall–Kier alpha value is -2.14. The van der Waals surface area contributed by atoms with Gasteiger partial charge in [0.25, 0.3) is 0 Å². The molecule has 0 spiro atoms. The van der Waals surface area contributed by atoms with E-state index in [1.54, 1.807) is 30.5 Å². The summed E-state index contributed by atoms with van der Waals surface area (Å²) in [5.41, 5.74) is 0.249. The average molecular weight is 260 g/mol. The number of nitrogens with one attached hydrogen (secondary N) is 1. The Balaban J connectivity index is 2.43. The van der Waals surface area contributed by atoms with E-state index < -0.39 is 5.97 Å². The molecule has 1 heterocycles. The van der Waals surface area contributed by atoms with Crippen molar-refractivity contribution in [1.29, 1.82) is 0 Å². The minimum Gasteiger partial charge on any atom is -0.478 e. The Kier molecular flexibility index (Phi) is 3.97. The number of nitrogens with zero attached hydrogens (tertiary/aromatic N) is 1. The van der Waals surface area contributed by atoms with Crippen LogP contribution in [-0.4, -0.2) is 33.8 Å². The quantitative estimate of drug-likeness (QED) is 0.767. The van der Waals surface area contributed by atoms with Gasteiger partial charge in [-0.15, -0.1) is 0 Å². The largest absolute Gasteiger partial charge is 0.478 e. The first kappa shape index (κ1) is 13.3. The summed E-state index contributed by atoms with van der Waals surface area (Å²) >= 11 is 0. The van der Waals surface area contributed by atoms with Gasteiger partial charge in [-0.1, -0.05) is 6.92 Å². The van der Waals surface area contributed by atoms with Gasteiger partial charge in [0.1, 0.15) is 5.82 Å². The molecule has 0 saturated heterocycles. The molecule has 0 aliphatic rings. The Morgan fingerprint density at radius 1 is 1.42 bits per heavy atom. The van der Waals surface area contributed by atoms with E-state index in [9.17, 15) is 9.90 Å². The highest BCUT2D eigenvalue weighted by atomic mass is 16.4. The predicted octanol–water partition coefficient (Wildman–Crippen LogP) is 2.12. The lowest BCUT2D eigenvalue weighted by Gasteiger charge is -2.16. The molecule has 0 aliphatic carbocycles. The number of carboxylic acid groups (broad SMARTS) is 1. The third-order valence-electron chi connectivity index (χ3n) is 3.07. The van der Waals surface area contributed by atoms with Gasteiger partial charge in [-0.25, -0.2) is 9.78 Å². The molecule has 0 bridgehead atoms. The van der Waals surface area contributed by atoms with Gasteiger partial charge in [0, 0.05) is 11.6 Å². The Morgan fingerprint density at radius 3 is 2.84 bits per heavy atom. The fraction of sp³-hybridized carbons (Fsp3) is 0.286. The molecule has 1 aromatic heterocycles. The maximum absolute atomic E-state index is 10.9. The van der Waals surface area contributed by atoms with Crippen LogP contribution in [0.25, 0.3) is 10.8 Å². The molecule has 5 heteroatoms. The molecule has 0 aliphatic heterocycles. The lowest BCUT2D eigenvalue weighted by atomic mass is 10.1. The van der Waals surface area contributed by atoms with E-state index in [0.717, 1.165) is 17.2 Å². The Labute approximate surface area is 110 Å². The van der Waals surface area contributed by atoms with Crippen molar-refractivity contribution in [3.8, 4) is 0 Å². The van der Waals surface area contributed by atoms with E-state index in [2.05, 4.69) is 10.3 Å². The van der Waals surface area contributed by atoms with Crippen molar-refractivity contribution < 1.29 is 15.0 Å². The highest BCUT2D eigenvalue weighted by Crippen LogP contribution is 2.23. The number of aromatic nitrogens is 1. The number of hydrogen-bond acceptors (Lipinski definition) is 4. The van der Waals surface area contributed by atoms with Crippen molar-refractivity contribution in [2.45, 2.75) is 19.4 Å². The molecule has 19 heavy (non-hydrogen) atoms. The molecule has 0 saturated carbocycles. The molecule has 0 amide bonds. The maximum Gasteiger partial charge on any atom is 0.335 e. The molecule has 1 aromatic carbocycles. The third-order valence-corrected chi connectivity index (χ3v) is 3.07. The van der Waals surface area contributed by atoms with Crippen LogP contribution in [0, 0.1) is 0 Å². The second-order valence-electron chi connectivity index (χ2n) is 4.33. The van der Waals surface area contributed by atoms with Crippen LogP contribution in [0.5, 0.6) is 0 Å². The summed E-state index contributed by atoms with van der Waals surface area (Å²) in [6, 6.07) is 6.62. The average Bonchev–Trinajstić information content (AvgIpc) is 2.44. The van der Waals surface area contributed by atoms with Gasteiger partial charge in [0.05, 0.1) is 18.2 Å². The number of pyridine rings is 1. The van der Waals surface area contributed by atoms with Gasteiger partial charge in [-0.05, 0) is 36.1 Å². The van der Waals surface area contributed by atoms with Crippen molar-refractivity contribution >= 4 is 22.6 Å². The van der Waals surface area contributed by atoms with E-state index in [-0.39, 0.29) is 18.2 Å². The maximum atomic E-state index is 10.9. The summed E-state index contributed by atoms with van der Waals surface area (Å²) < 4.78 is 0. The van der Waals surface area contributed by atoms with Crippen LogP contribution in [-0.2, 0) is 0 Å². The molecule has 0 fully saturated rings. The molecule has 1 unspecified atom stereocenters. The number of carbonyl (C=O) groups is 1. The lowest BCUT2D eigenvalue weighted by Crippen LogP contribution is -2.23. The van der Waals surface area contributed by atoms with Gasteiger partial charge in [0.15, 0.2) is 0 Å². The summed E-state index contributed by atoms with van der Waals surface area (Å²) in [5, 5.41) is 23.0. The SMILES string of the molecule is CCC(CO)Nc1nccc2cc(C(=O)O)ccc12. The number of anilines is 1. The lowest BCUT2D eigenvalue weighted by molar-refractivity contribution is 0.0697. The molecule has 1 atom stereocenters. The van der Waals surface area contributed by atoms with Crippen LogP contribution in [0.4, 0.5) is 5.82 Å². The van der Waals surface area contributed by atoms with Crippen LogP contribution < -0.4 is 5.32 Å². The first-order chi connectivity index (χ1) is 9.15. The summed E-state index contributed by atoms with van der Waals surface area (Å²) in [5.74, 6) is -0.287. The van der Waals surface area contributed by atoms with E-state index in [1.165, 1.54) is 0 Å². The van der Waals surface area contributed by atoms with Gasteiger partial charge in [-0.3, -0.25) is 0 Å². The molecular formula is C14H16N2O3. The van der Waals surface area contributed by atoms with E-state index >= 15 is 0 Å². The molecule has 3 N–H and O–H groups in total. The first-order valence-corrected chi connectivity index (χ1v) is 6.15. The first-order valence-electron chi connectivity index (χ1n) is 6.15. The van der Waals surface area contributed by atoms with Crippen molar-refractivity contribution in [1.82, 2.24) is 4.98 Å². The normalized spacial score (nSPS) is 12.3. The molecule has 2 aromatic rings. The number of fused-ring (bicyclic) bond motifs is 1. The topological polar surface area (TPSA) is 82.5 Å². The second-order valence-corrected chi connectivity index (χ2v) is 4.33. The van der Waals surface area contributed by atoms with E-state index in [4.69, 9.17) is 5.11 Å². The Bertz CT molecular complexity index is 594. The van der Waals surface area contributed by atoms with Gasteiger partial charge in [-0.2, -0.15) is 0 Å². The fourth-order valence-corrected chi connectivity index (χ4v) is 1.90. The van der Waals surface area contributed by atoms with Crippen LogP contribution in [0.15, 0.2) is 30.5 Å². The number of carboxylic acids is 1. The summed E-state index contributed by atoms with van der Waals surface area (Å²) in [7, 11) is 0. The molecular weight excluding hydrogens is 244 g/mol. The molecule has 2 rings (SSSR count). The number of rotatable bonds is 5. The minimum absolute atomic E-state index is 0.0295. The van der Waals surface area contributed by atoms with Crippen LogP contribution in [0.2, 0.25) is 0 Å². The number of hydrogen-bond donors (Lipinski definition) is 3. The Morgan fingerprint density at radius 2 is 2.21 bits per heavy atom. The standard InChI is InChI=1S/C14H16N2O3/c1-2-11(8-17)16-13-12-4-3-10(14(18)19)7-9(12)5-6-15-13/h3-7,11,17H,2,8H2,1H3,(H,15,16)(H,18,19).